The number of rotatable bonds is 16. The van der Waals surface area contributed by atoms with Gasteiger partial charge in [-0.3, -0.25) is 14.4 Å². The molecule has 9 heteroatoms. The Bertz CT molecular complexity index is 1010. The van der Waals surface area contributed by atoms with Crippen LogP contribution in [0.2, 0.25) is 0 Å². The number of alkyl carbamates (subject to hydrolysis) is 1. The van der Waals surface area contributed by atoms with Crippen molar-refractivity contribution in [3.05, 3.63) is 35.4 Å². The lowest BCUT2D eigenvalue weighted by molar-refractivity contribution is -0.143. The first kappa shape index (κ1) is 34.5. The number of nitrogens with zero attached hydrogens (tertiary/aromatic N) is 1. The molecule has 3 unspecified atom stereocenters. The summed E-state index contributed by atoms with van der Waals surface area (Å²) in [6.45, 7) is 11.5. The number of terminal acetylenes is 1. The molecule has 0 saturated carbocycles. The minimum absolute atomic E-state index is 0.0323. The van der Waals surface area contributed by atoms with Crippen LogP contribution in [0.5, 0.6) is 0 Å². The average Bonchev–Trinajstić information content (AvgIpc) is 2.87. The molecule has 0 radical (unpaired) electrons. The summed E-state index contributed by atoms with van der Waals surface area (Å²) in [6, 6.07) is 4.75. The van der Waals surface area contributed by atoms with E-state index < -0.39 is 35.6 Å². The SMILES string of the molecule is C#Cc1ccc(C(C(=O)NC(C)CCC)N(CCCCCC)C(=O)C(CCC(N)=O)NC(=O)OC(C)(C)C)cc1. The van der Waals surface area contributed by atoms with Gasteiger partial charge in [-0.1, -0.05) is 57.6 Å². The number of ether oxygens (including phenoxy) is 1. The summed E-state index contributed by atoms with van der Waals surface area (Å²) in [7, 11) is 0. The molecule has 0 aliphatic heterocycles. The lowest BCUT2D eigenvalue weighted by Gasteiger charge is -2.35. The molecule has 0 spiro atoms. The predicted octanol–water partition coefficient (Wildman–Crippen LogP) is 4.58. The third kappa shape index (κ3) is 12.5. The first-order valence-corrected chi connectivity index (χ1v) is 14.3. The third-order valence-electron chi connectivity index (χ3n) is 6.27. The number of carbonyl (C=O) groups excluding carboxylic acids is 4. The van der Waals surface area contributed by atoms with Crippen molar-refractivity contribution < 1.29 is 23.9 Å². The number of nitrogens with one attached hydrogen (secondary N) is 2. The third-order valence-corrected chi connectivity index (χ3v) is 6.27. The van der Waals surface area contributed by atoms with E-state index in [4.69, 9.17) is 16.9 Å². The van der Waals surface area contributed by atoms with Gasteiger partial charge in [-0.25, -0.2) is 4.79 Å². The van der Waals surface area contributed by atoms with Crippen LogP contribution in [-0.2, 0) is 19.1 Å². The molecule has 4 amide bonds. The van der Waals surface area contributed by atoms with Crippen molar-refractivity contribution in [2.24, 2.45) is 5.73 Å². The van der Waals surface area contributed by atoms with E-state index >= 15 is 0 Å². The zero-order valence-corrected chi connectivity index (χ0v) is 25.0. The Balaban J connectivity index is 3.55. The van der Waals surface area contributed by atoms with Gasteiger partial charge in [0.1, 0.15) is 17.7 Å². The van der Waals surface area contributed by atoms with Crippen molar-refractivity contribution in [2.45, 2.75) is 117 Å². The first-order valence-electron chi connectivity index (χ1n) is 14.3. The Morgan fingerprint density at radius 3 is 2.17 bits per heavy atom. The van der Waals surface area contributed by atoms with E-state index in [-0.39, 0.29) is 31.3 Å². The number of primary amides is 1. The molecule has 0 bridgehead atoms. The van der Waals surface area contributed by atoms with Crippen molar-refractivity contribution in [1.82, 2.24) is 15.5 Å². The average molecular weight is 557 g/mol. The summed E-state index contributed by atoms with van der Waals surface area (Å²) in [5.41, 5.74) is 5.83. The molecule has 0 heterocycles. The Hall–Kier alpha value is -3.54. The van der Waals surface area contributed by atoms with Crippen LogP contribution < -0.4 is 16.4 Å². The van der Waals surface area contributed by atoms with Gasteiger partial charge in [-0.2, -0.15) is 0 Å². The van der Waals surface area contributed by atoms with E-state index in [1.807, 2.05) is 13.8 Å². The molecule has 4 N–H and O–H groups in total. The van der Waals surface area contributed by atoms with Crippen LogP contribution in [0.25, 0.3) is 0 Å². The molecule has 0 saturated heterocycles. The highest BCUT2D eigenvalue weighted by molar-refractivity contribution is 5.92. The monoisotopic (exact) mass is 556 g/mol. The normalized spacial score (nSPS) is 13.3. The lowest BCUT2D eigenvalue weighted by atomic mass is 9.99. The van der Waals surface area contributed by atoms with Crippen LogP contribution in [0, 0.1) is 12.3 Å². The van der Waals surface area contributed by atoms with Crippen LogP contribution >= 0.6 is 0 Å². The van der Waals surface area contributed by atoms with Gasteiger partial charge < -0.3 is 26.0 Å². The lowest BCUT2D eigenvalue weighted by Crippen LogP contribution is -2.54. The molecule has 3 atom stereocenters. The van der Waals surface area contributed by atoms with Crippen LogP contribution in [0.15, 0.2) is 24.3 Å². The highest BCUT2D eigenvalue weighted by Gasteiger charge is 2.36. The van der Waals surface area contributed by atoms with E-state index in [9.17, 15) is 19.2 Å². The molecular weight excluding hydrogens is 508 g/mol. The highest BCUT2D eigenvalue weighted by Crippen LogP contribution is 2.25. The minimum Gasteiger partial charge on any atom is -0.444 e. The van der Waals surface area contributed by atoms with E-state index in [0.29, 0.717) is 17.5 Å². The summed E-state index contributed by atoms with van der Waals surface area (Å²) < 4.78 is 5.38. The number of nitrogens with two attached hydrogens (primary N) is 1. The Morgan fingerprint density at radius 1 is 1.00 bits per heavy atom. The van der Waals surface area contributed by atoms with Crippen molar-refractivity contribution >= 4 is 23.8 Å². The van der Waals surface area contributed by atoms with E-state index in [2.05, 4.69) is 23.5 Å². The fourth-order valence-corrected chi connectivity index (χ4v) is 4.33. The number of amides is 4. The second-order valence-corrected chi connectivity index (χ2v) is 11.2. The van der Waals surface area contributed by atoms with Gasteiger partial charge in [0.2, 0.25) is 17.7 Å². The molecule has 222 valence electrons. The maximum atomic E-state index is 14.2. The molecule has 40 heavy (non-hydrogen) atoms. The maximum Gasteiger partial charge on any atom is 0.408 e. The van der Waals surface area contributed by atoms with E-state index in [1.54, 1.807) is 45.0 Å². The number of carbonyl (C=O) groups is 4. The van der Waals surface area contributed by atoms with Gasteiger partial charge in [-0.15, -0.1) is 6.42 Å². The summed E-state index contributed by atoms with van der Waals surface area (Å²) in [6.07, 6.45) is 9.75. The Labute approximate surface area is 240 Å². The molecule has 1 aromatic carbocycles. The largest absolute Gasteiger partial charge is 0.444 e. The molecule has 1 aromatic rings. The number of unbranched alkanes of at least 4 members (excludes halogenated alkanes) is 3. The van der Waals surface area contributed by atoms with Crippen LogP contribution in [0.1, 0.15) is 110 Å². The van der Waals surface area contributed by atoms with Crippen molar-refractivity contribution in [2.75, 3.05) is 6.54 Å². The Kier molecular flexibility index (Phi) is 14.8. The second-order valence-electron chi connectivity index (χ2n) is 11.2. The summed E-state index contributed by atoms with van der Waals surface area (Å²) in [4.78, 5) is 53.8. The molecule has 0 aromatic heterocycles. The molecular formula is C31H48N4O5. The van der Waals surface area contributed by atoms with Gasteiger partial charge in [0.25, 0.3) is 0 Å². The van der Waals surface area contributed by atoms with Crippen LogP contribution in [0.4, 0.5) is 4.79 Å². The molecule has 1 rings (SSSR count). The van der Waals surface area contributed by atoms with Crippen molar-refractivity contribution in [3.63, 3.8) is 0 Å². The van der Waals surface area contributed by atoms with Crippen molar-refractivity contribution in [1.29, 1.82) is 0 Å². The zero-order chi connectivity index (χ0) is 30.3. The molecule has 9 nitrogen and oxygen atoms in total. The molecule has 0 aliphatic rings. The fourth-order valence-electron chi connectivity index (χ4n) is 4.33. The first-order chi connectivity index (χ1) is 18.8. The van der Waals surface area contributed by atoms with Crippen molar-refractivity contribution in [3.8, 4) is 12.3 Å². The quantitative estimate of drug-likeness (QED) is 0.203. The smallest absolute Gasteiger partial charge is 0.408 e. The Morgan fingerprint density at radius 2 is 1.65 bits per heavy atom. The second kappa shape index (κ2) is 17.2. The van der Waals surface area contributed by atoms with E-state index in [0.717, 1.165) is 32.1 Å². The number of benzene rings is 1. The summed E-state index contributed by atoms with van der Waals surface area (Å²) >= 11 is 0. The fraction of sp³-hybridized carbons (Fsp3) is 0.613. The van der Waals surface area contributed by atoms with Crippen LogP contribution in [0.3, 0.4) is 0 Å². The van der Waals surface area contributed by atoms with E-state index in [1.165, 1.54) is 4.90 Å². The standard InChI is InChI=1S/C31H48N4O5/c1-8-11-12-13-21-35(29(38)25(19-20-26(32)36)34-30(39)40-31(5,6)7)27(28(37)33-22(4)14-9-2)24-17-15-23(10-3)16-18-24/h3,15-18,22,25,27H,8-9,11-14,19-21H2,1-2,4-7H3,(H2,32,36)(H,33,37)(H,34,39). The van der Waals surface area contributed by atoms with Gasteiger partial charge in [-0.05, 0) is 64.7 Å². The molecule has 0 fully saturated rings. The summed E-state index contributed by atoms with van der Waals surface area (Å²) in [5, 5.41) is 5.66. The van der Waals surface area contributed by atoms with Gasteiger partial charge in [0.15, 0.2) is 0 Å². The summed E-state index contributed by atoms with van der Waals surface area (Å²) in [5.74, 6) is 1.14. The molecule has 0 aliphatic carbocycles. The van der Waals surface area contributed by atoms with Gasteiger partial charge >= 0.3 is 6.09 Å². The highest BCUT2D eigenvalue weighted by atomic mass is 16.6. The van der Waals surface area contributed by atoms with Gasteiger partial charge in [0, 0.05) is 24.6 Å². The number of hydrogen-bond acceptors (Lipinski definition) is 5. The predicted molar refractivity (Wildman–Crippen MR) is 157 cm³/mol. The minimum atomic E-state index is -1.12. The van der Waals surface area contributed by atoms with Gasteiger partial charge in [0.05, 0.1) is 0 Å². The van der Waals surface area contributed by atoms with Crippen LogP contribution in [-0.4, -0.2) is 52.9 Å². The number of hydrogen-bond donors (Lipinski definition) is 3. The zero-order valence-electron chi connectivity index (χ0n) is 25.0. The topological polar surface area (TPSA) is 131 Å². The maximum absolute atomic E-state index is 14.2.